The molecule has 1 amide bonds. The minimum absolute atomic E-state index is 0.0121. The van der Waals surface area contributed by atoms with Crippen molar-refractivity contribution in [2.75, 3.05) is 13.7 Å². The van der Waals surface area contributed by atoms with Gasteiger partial charge >= 0.3 is 6.61 Å². The van der Waals surface area contributed by atoms with Gasteiger partial charge < -0.3 is 14.8 Å². The second-order valence-corrected chi connectivity index (χ2v) is 8.96. The van der Waals surface area contributed by atoms with Crippen LogP contribution in [0.4, 0.5) is 8.78 Å². The third-order valence-electron chi connectivity index (χ3n) is 5.46. The molecule has 1 aromatic heterocycles. The molecule has 1 atom stereocenters. The van der Waals surface area contributed by atoms with Crippen LogP contribution in [0.1, 0.15) is 51.4 Å². The van der Waals surface area contributed by atoms with E-state index in [-0.39, 0.29) is 23.6 Å². The summed E-state index contributed by atoms with van der Waals surface area (Å²) in [4.78, 5) is 12.9. The van der Waals surface area contributed by atoms with Crippen LogP contribution in [-0.4, -0.2) is 41.6 Å². The van der Waals surface area contributed by atoms with Gasteiger partial charge in [-0.3, -0.25) is 9.48 Å². The van der Waals surface area contributed by atoms with E-state index in [1.165, 1.54) is 6.07 Å². The van der Waals surface area contributed by atoms with Crippen molar-refractivity contribution in [3.8, 4) is 17.0 Å². The number of hydrogen-bond donors (Lipinski definition) is 1. The highest BCUT2D eigenvalue weighted by molar-refractivity contribution is 5.80. The van der Waals surface area contributed by atoms with E-state index < -0.39 is 12.2 Å². The predicted molar refractivity (Wildman–Crippen MR) is 114 cm³/mol. The molecule has 0 fully saturated rings. The van der Waals surface area contributed by atoms with E-state index >= 15 is 0 Å². The normalized spacial score (nSPS) is 16.5. The Labute approximate surface area is 181 Å². The fourth-order valence-corrected chi connectivity index (χ4v) is 4.17. The Bertz CT molecular complexity index is 925. The number of benzene rings is 1. The third-order valence-corrected chi connectivity index (χ3v) is 5.46. The molecule has 0 saturated carbocycles. The lowest BCUT2D eigenvalue weighted by atomic mass is 9.84. The molecule has 1 heterocycles. The van der Waals surface area contributed by atoms with Crippen molar-refractivity contribution in [3.05, 3.63) is 35.5 Å². The van der Waals surface area contributed by atoms with Crippen molar-refractivity contribution in [2.45, 2.75) is 65.1 Å². The fourth-order valence-electron chi connectivity index (χ4n) is 4.17. The first kappa shape index (κ1) is 23.2. The Hall–Kier alpha value is -2.48. The Kier molecular flexibility index (Phi) is 6.99. The molecule has 2 aromatic rings. The zero-order chi connectivity index (χ0) is 22.8. The van der Waals surface area contributed by atoms with Gasteiger partial charge in [0.1, 0.15) is 5.75 Å². The van der Waals surface area contributed by atoms with E-state index in [1.54, 1.807) is 19.2 Å². The van der Waals surface area contributed by atoms with Crippen LogP contribution in [0.5, 0.6) is 5.75 Å². The van der Waals surface area contributed by atoms with Gasteiger partial charge in [-0.05, 0) is 52.7 Å². The Morgan fingerprint density at radius 2 is 2.10 bits per heavy atom. The molecule has 0 unspecified atom stereocenters. The standard InChI is InChI=1S/C23H31F2N3O3/c1-14(2)28-19-12-16(21(29)26-23(3,4)13-30-5)9-10-18(19)20(27-28)15-7-6-8-17(11-15)31-22(24)25/h6-8,11,14,16,22H,9-10,12-13H2,1-5H3,(H,26,29)/t16-/m1/s1. The molecule has 1 aliphatic rings. The van der Waals surface area contributed by atoms with E-state index in [2.05, 4.69) is 10.1 Å². The van der Waals surface area contributed by atoms with E-state index in [1.807, 2.05) is 38.4 Å². The van der Waals surface area contributed by atoms with Gasteiger partial charge in [0.25, 0.3) is 0 Å². The van der Waals surface area contributed by atoms with Gasteiger partial charge in [-0.2, -0.15) is 13.9 Å². The van der Waals surface area contributed by atoms with Crippen LogP contribution in [-0.2, 0) is 22.4 Å². The van der Waals surface area contributed by atoms with Crippen LogP contribution >= 0.6 is 0 Å². The monoisotopic (exact) mass is 435 g/mol. The minimum Gasteiger partial charge on any atom is -0.435 e. The molecule has 1 aromatic carbocycles. The summed E-state index contributed by atoms with van der Waals surface area (Å²) in [5.74, 6) is -0.0361. The molecule has 0 aliphatic heterocycles. The second kappa shape index (κ2) is 9.34. The largest absolute Gasteiger partial charge is 0.435 e. The summed E-state index contributed by atoms with van der Waals surface area (Å²) in [5.41, 5.74) is 3.16. The molecule has 170 valence electrons. The number of hydrogen-bond acceptors (Lipinski definition) is 4. The zero-order valence-corrected chi connectivity index (χ0v) is 18.7. The molecule has 0 saturated heterocycles. The highest BCUT2D eigenvalue weighted by Crippen LogP contribution is 2.36. The summed E-state index contributed by atoms with van der Waals surface area (Å²) < 4.78 is 37.0. The second-order valence-electron chi connectivity index (χ2n) is 8.96. The lowest BCUT2D eigenvalue weighted by molar-refractivity contribution is -0.127. The topological polar surface area (TPSA) is 65.4 Å². The van der Waals surface area contributed by atoms with Crippen molar-refractivity contribution in [1.82, 2.24) is 15.1 Å². The summed E-state index contributed by atoms with van der Waals surface area (Å²) in [6, 6.07) is 6.73. The number of aromatic nitrogens is 2. The summed E-state index contributed by atoms with van der Waals surface area (Å²) in [5, 5.41) is 7.89. The number of rotatable bonds is 8. The fraction of sp³-hybridized carbons (Fsp3) is 0.565. The maximum atomic E-state index is 12.9. The number of alkyl halides is 2. The minimum atomic E-state index is -2.88. The van der Waals surface area contributed by atoms with E-state index in [0.29, 0.717) is 25.9 Å². The number of amides is 1. The van der Waals surface area contributed by atoms with Crippen LogP contribution in [0.3, 0.4) is 0 Å². The van der Waals surface area contributed by atoms with Gasteiger partial charge in [0.2, 0.25) is 5.91 Å². The van der Waals surface area contributed by atoms with Crippen LogP contribution in [0.15, 0.2) is 24.3 Å². The van der Waals surface area contributed by atoms with Gasteiger partial charge in [-0.15, -0.1) is 0 Å². The van der Waals surface area contributed by atoms with Gasteiger partial charge in [-0.25, -0.2) is 0 Å². The Balaban J connectivity index is 1.89. The number of methoxy groups -OCH3 is 1. The highest BCUT2D eigenvalue weighted by atomic mass is 19.3. The van der Waals surface area contributed by atoms with E-state index in [4.69, 9.17) is 9.84 Å². The Morgan fingerprint density at radius 1 is 1.35 bits per heavy atom. The number of carbonyl (C=O) groups is 1. The first-order valence-corrected chi connectivity index (χ1v) is 10.6. The predicted octanol–water partition coefficient (Wildman–Crippen LogP) is 4.38. The molecule has 0 bridgehead atoms. The molecule has 31 heavy (non-hydrogen) atoms. The van der Waals surface area contributed by atoms with Crippen molar-refractivity contribution < 1.29 is 23.0 Å². The lowest BCUT2D eigenvalue weighted by Crippen LogP contribution is -2.49. The average Bonchev–Trinajstić information content (AvgIpc) is 3.06. The van der Waals surface area contributed by atoms with Gasteiger partial charge in [0.05, 0.1) is 17.8 Å². The number of halogens is 2. The summed E-state index contributed by atoms with van der Waals surface area (Å²) in [6.07, 6.45) is 1.98. The molecule has 6 nitrogen and oxygen atoms in total. The molecule has 3 rings (SSSR count). The third kappa shape index (κ3) is 5.42. The number of carbonyl (C=O) groups excluding carboxylic acids is 1. The molecule has 1 aliphatic carbocycles. The molecular formula is C23H31F2N3O3. The smallest absolute Gasteiger partial charge is 0.387 e. The van der Waals surface area contributed by atoms with Crippen LogP contribution in [0.25, 0.3) is 11.3 Å². The maximum Gasteiger partial charge on any atom is 0.387 e. The lowest BCUT2D eigenvalue weighted by Gasteiger charge is -2.30. The van der Waals surface area contributed by atoms with E-state index in [0.717, 1.165) is 22.5 Å². The summed E-state index contributed by atoms with van der Waals surface area (Å²) in [6.45, 7) is 5.51. The van der Waals surface area contributed by atoms with Crippen LogP contribution in [0.2, 0.25) is 0 Å². The average molecular weight is 436 g/mol. The van der Waals surface area contributed by atoms with Crippen molar-refractivity contribution in [1.29, 1.82) is 0 Å². The SMILES string of the molecule is COCC(C)(C)NC(=O)[C@@H]1CCc2c(-c3cccc(OC(F)F)c3)nn(C(C)C)c2C1. The van der Waals surface area contributed by atoms with E-state index in [9.17, 15) is 13.6 Å². The number of nitrogens with one attached hydrogen (secondary N) is 1. The molecule has 8 heteroatoms. The first-order valence-electron chi connectivity index (χ1n) is 10.6. The van der Waals surface area contributed by atoms with Crippen molar-refractivity contribution in [2.24, 2.45) is 5.92 Å². The Morgan fingerprint density at radius 3 is 2.74 bits per heavy atom. The van der Waals surface area contributed by atoms with Gasteiger partial charge in [0, 0.05) is 42.3 Å². The zero-order valence-electron chi connectivity index (χ0n) is 18.7. The van der Waals surface area contributed by atoms with Crippen molar-refractivity contribution in [3.63, 3.8) is 0 Å². The number of ether oxygens (including phenoxy) is 2. The molecule has 0 radical (unpaired) electrons. The van der Waals surface area contributed by atoms with Crippen LogP contribution in [0, 0.1) is 5.92 Å². The molecule has 0 spiro atoms. The first-order chi connectivity index (χ1) is 14.6. The molecular weight excluding hydrogens is 404 g/mol. The number of nitrogens with zero attached hydrogens (tertiary/aromatic N) is 2. The highest BCUT2D eigenvalue weighted by Gasteiger charge is 2.33. The quantitative estimate of drug-likeness (QED) is 0.668. The van der Waals surface area contributed by atoms with Gasteiger partial charge in [-0.1, -0.05) is 12.1 Å². The number of fused-ring (bicyclic) bond motifs is 1. The van der Waals surface area contributed by atoms with Gasteiger partial charge in [0.15, 0.2) is 0 Å². The maximum absolute atomic E-state index is 12.9. The molecule has 1 N–H and O–H groups in total. The summed E-state index contributed by atoms with van der Waals surface area (Å²) in [7, 11) is 1.62. The van der Waals surface area contributed by atoms with Crippen molar-refractivity contribution >= 4 is 5.91 Å². The van der Waals surface area contributed by atoms with Crippen LogP contribution < -0.4 is 10.1 Å². The summed E-state index contributed by atoms with van der Waals surface area (Å²) >= 11 is 0.